The first-order valence-electron chi connectivity index (χ1n) is 6.96. The summed E-state index contributed by atoms with van der Waals surface area (Å²) in [6, 6.07) is 8.28. The summed E-state index contributed by atoms with van der Waals surface area (Å²) >= 11 is 0. The monoisotopic (exact) mass is 301 g/mol. The van der Waals surface area contributed by atoms with E-state index in [1.807, 2.05) is 13.0 Å². The molecule has 1 aromatic carbocycles. The van der Waals surface area contributed by atoms with Gasteiger partial charge in [-0.15, -0.1) is 0 Å². The number of nitriles is 1. The molecule has 0 atom stereocenters. The van der Waals surface area contributed by atoms with Crippen LogP contribution >= 0.6 is 0 Å². The second kappa shape index (κ2) is 9.19. The molecule has 6 nitrogen and oxygen atoms in total. The predicted octanol–water partition coefficient (Wildman–Crippen LogP) is 2.21. The van der Waals surface area contributed by atoms with Crippen molar-refractivity contribution in [1.29, 1.82) is 5.26 Å². The van der Waals surface area contributed by atoms with E-state index >= 15 is 0 Å². The van der Waals surface area contributed by atoms with Crippen LogP contribution in [0, 0.1) is 11.3 Å². The van der Waals surface area contributed by atoms with Gasteiger partial charge < -0.3 is 15.4 Å². The lowest BCUT2D eigenvalue weighted by Gasteiger charge is -2.09. The summed E-state index contributed by atoms with van der Waals surface area (Å²) in [5.74, 6) is -1.14. The second-order valence-electron chi connectivity index (χ2n) is 4.47. The summed E-state index contributed by atoms with van der Waals surface area (Å²) in [4.78, 5) is 23.7. The van der Waals surface area contributed by atoms with Gasteiger partial charge in [-0.25, -0.2) is 4.79 Å². The number of carbonyl (C=O) groups is 2. The van der Waals surface area contributed by atoms with E-state index in [9.17, 15) is 9.59 Å². The summed E-state index contributed by atoms with van der Waals surface area (Å²) in [7, 11) is 1.26. The van der Waals surface area contributed by atoms with Crippen molar-refractivity contribution in [3.63, 3.8) is 0 Å². The zero-order valence-electron chi connectivity index (χ0n) is 12.7. The predicted molar refractivity (Wildman–Crippen MR) is 83.0 cm³/mol. The number of anilines is 1. The van der Waals surface area contributed by atoms with Crippen molar-refractivity contribution in [2.75, 3.05) is 19.0 Å². The number of unbranched alkanes of at least 4 members (excludes halogenated alkanes) is 1. The zero-order chi connectivity index (χ0) is 16.4. The van der Waals surface area contributed by atoms with Gasteiger partial charge in [-0.1, -0.05) is 25.5 Å². The Bertz CT molecular complexity index is 603. The molecule has 1 amide bonds. The van der Waals surface area contributed by atoms with Gasteiger partial charge in [0.15, 0.2) is 0 Å². The van der Waals surface area contributed by atoms with Crippen LogP contribution in [0.15, 0.2) is 36.0 Å². The molecule has 0 aliphatic carbocycles. The molecule has 0 spiro atoms. The Morgan fingerprint density at radius 1 is 1.36 bits per heavy atom. The van der Waals surface area contributed by atoms with Crippen molar-refractivity contribution in [3.8, 4) is 6.07 Å². The number of carbonyl (C=O) groups excluding carboxylic acids is 2. The molecule has 2 N–H and O–H groups in total. The molecule has 1 aromatic rings. The van der Waals surface area contributed by atoms with E-state index in [1.54, 1.807) is 18.2 Å². The fourth-order valence-electron chi connectivity index (χ4n) is 1.67. The van der Waals surface area contributed by atoms with Gasteiger partial charge in [-0.3, -0.25) is 4.79 Å². The molecule has 1 rings (SSSR count). The van der Waals surface area contributed by atoms with Crippen molar-refractivity contribution >= 4 is 17.6 Å². The molecule has 0 aliphatic heterocycles. The molecule has 0 bridgehead atoms. The van der Waals surface area contributed by atoms with Crippen LogP contribution in [-0.2, 0) is 9.53 Å². The first-order valence-corrected chi connectivity index (χ1v) is 6.96. The van der Waals surface area contributed by atoms with Crippen molar-refractivity contribution in [3.05, 3.63) is 41.6 Å². The summed E-state index contributed by atoms with van der Waals surface area (Å²) in [5, 5.41) is 14.5. The highest BCUT2D eigenvalue weighted by Crippen LogP contribution is 2.16. The normalized spacial score (nSPS) is 10.5. The standard InChI is InChI=1S/C16H19N3O3/c1-3-4-9-18-11-12(10-17)15(20)19-14-8-6-5-7-13(14)16(21)22-2/h5-8,11,18H,3-4,9H2,1-2H3,(H,19,20)/b12-11-. The first kappa shape index (κ1) is 17.2. The maximum absolute atomic E-state index is 12.1. The van der Waals surface area contributed by atoms with Crippen molar-refractivity contribution in [2.45, 2.75) is 19.8 Å². The van der Waals surface area contributed by atoms with Crippen molar-refractivity contribution in [1.82, 2.24) is 5.32 Å². The van der Waals surface area contributed by atoms with Gasteiger partial charge in [-0.05, 0) is 18.6 Å². The maximum Gasteiger partial charge on any atom is 0.339 e. The Hall–Kier alpha value is -2.81. The van der Waals surface area contributed by atoms with Crippen LogP contribution < -0.4 is 10.6 Å². The summed E-state index contributed by atoms with van der Waals surface area (Å²) in [6.45, 7) is 2.74. The van der Waals surface area contributed by atoms with E-state index in [-0.39, 0.29) is 11.1 Å². The van der Waals surface area contributed by atoms with E-state index in [1.165, 1.54) is 19.4 Å². The van der Waals surface area contributed by atoms with Crippen LogP contribution in [0.3, 0.4) is 0 Å². The number of hydrogen-bond acceptors (Lipinski definition) is 5. The van der Waals surface area contributed by atoms with Gasteiger partial charge in [0.05, 0.1) is 18.4 Å². The molecule has 22 heavy (non-hydrogen) atoms. The van der Waals surface area contributed by atoms with Crippen LogP contribution in [0.4, 0.5) is 5.69 Å². The average Bonchev–Trinajstić information content (AvgIpc) is 2.54. The van der Waals surface area contributed by atoms with Gasteiger partial charge in [0, 0.05) is 12.7 Å². The molecule has 116 valence electrons. The van der Waals surface area contributed by atoms with E-state index in [4.69, 9.17) is 5.26 Å². The van der Waals surface area contributed by atoms with Crippen LogP contribution in [-0.4, -0.2) is 25.5 Å². The van der Waals surface area contributed by atoms with Crippen molar-refractivity contribution < 1.29 is 14.3 Å². The average molecular weight is 301 g/mol. The fraction of sp³-hybridized carbons (Fsp3) is 0.312. The number of ether oxygens (including phenoxy) is 1. The molecule has 0 fully saturated rings. The largest absolute Gasteiger partial charge is 0.465 e. The highest BCUT2D eigenvalue weighted by molar-refractivity contribution is 6.09. The lowest BCUT2D eigenvalue weighted by molar-refractivity contribution is -0.112. The minimum Gasteiger partial charge on any atom is -0.465 e. The molecule has 0 unspecified atom stereocenters. The first-order chi connectivity index (χ1) is 10.6. The molecule has 0 saturated carbocycles. The summed E-state index contributed by atoms with van der Waals surface area (Å²) in [5.41, 5.74) is 0.472. The molecule has 6 heteroatoms. The number of nitrogens with zero attached hydrogens (tertiary/aromatic N) is 1. The summed E-state index contributed by atoms with van der Waals surface area (Å²) in [6.07, 6.45) is 3.34. The minimum atomic E-state index is -0.581. The smallest absolute Gasteiger partial charge is 0.339 e. The Balaban J connectivity index is 2.83. The number of nitrogens with one attached hydrogen (secondary N) is 2. The molecular formula is C16H19N3O3. The lowest BCUT2D eigenvalue weighted by atomic mass is 10.1. The van der Waals surface area contributed by atoms with Crippen LogP contribution in [0.1, 0.15) is 30.1 Å². The Morgan fingerprint density at radius 3 is 2.73 bits per heavy atom. The number of para-hydroxylation sites is 1. The minimum absolute atomic E-state index is 0.0595. The molecule has 0 saturated heterocycles. The lowest BCUT2D eigenvalue weighted by Crippen LogP contribution is -2.19. The van der Waals surface area contributed by atoms with Crippen LogP contribution in [0.2, 0.25) is 0 Å². The second-order valence-corrected chi connectivity index (χ2v) is 4.47. The highest BCUT2D eigenvalue weighted by atomic mass is 16.5. The number of methoxy groups -OCH3 is 1. The van der Waals surface area contributed by atoms with Gasteiger partial charge in [0.2, 0.25) is 0 Å². The summed E-state index contributed by atoms with van der Waals surface area (Å²) < 4.78 is 4.65. The van der Waals surface area contributed by atoms with E-state index < -0.39 is 11.9 Å². The molecule has 0 radical (unpaired) electrons. The Kier molecular flexibility index (Phi) is 7.20. The number of benzene rings is 1. The van der Waals surface area contributed by atoms with Gasteiger partial charge in [-0.2, -0.15) is 5.26 Å². The quantitative estimate of drug-likeness (QED) is 0.349. The molecule has 0 aromatic heterocycles. The van der Waals surface area contributed by atoms with Crippen LogP contribution in [0.25, 0.3) is 0 Å². The van der Waals surface area contributed by atoms with E-state index in [0.717, 1.165) is 12.8 Å². The number of amides is 1. The Labute approximate surface area is 129 Å². The van der Waals surface area contributed by atoms with Gasteiger partial charge in [0.1, 0.15) is 11.6 Å². The third-order valence-electron chi connectivity index (χ3n) is 2.87. The number of esters is 1. The Morgan fingerprint density at radius 2 is 2.09 bits per heavy atom. The van der Waals surface area contributed by atoms with Crippen LogP contribution in [0.5, 0.6) is 0 Å². The van der Waals surface area contributed by atoms with E-state index in [2.05, 4.69) is 15.4 Å². The SMILES string of the molecule is CCCCN/C=C(/C#N)C(=O)Nc1ccccc1C(=O)OC. The van der Waals surface area contributed by atoms with Gasteiger partial charge >= 0.3 is 5.97 Å². The topological polar surface area (TPSA) is 91.2 Å². The fourth-order valence-corrected chi connectivity index (χ4v) is 1.67. The number of rotatable bonds is 7. The number of hydrogen-bond donors (Lipinski definition) is 2. The molecule has 0 aliphatic rings. The molecular weight excluding hydrogens is 282 g/mol. The third-order valence-corrected chi connectivity index (χ3v) is 2.87. The highest BCUT2D eigenvalue weighted by Gasteiger charge is 2.15. The van der Waals surface area contributed by atoms with Gasteiger partial charge in [0.25, 0.3) is 5.91 Å². The maximum atomic E-state index is 12.1. The van der Waals surface area contributed by atoms with E-state index in [0.29, 0.717) is 12.2 Å². The zero-order valence-corrected chi connectivity index (χ0v) is 12.7. The van der Waals surface area contributed by atoms with Crippen molar-refractivity contribution in [2.24, 2.45) is 0 Å². The molecule has 0 heterocycles. The third kappa shape index (κ3) is 4.94.